The van der Waals surface area contributed by atoms with E-state index in [1.54, 1.807) is 0 Å². The molecule has 0 radical (unpaired) electrons. The van der Waals surface area contributed by atoms with Gasteiger partial charge in [0.05, 0.1) is 13.2 Å². The zero-order valence-electron chi connectivity index (χ0n) is 21.5. The van der Waals surface area contributed by atoms with E-state index in [-0.39, 0.29) is 24.7 Å². The maximum atomic E-state index is 12.3. The number of cyclic esters (lactones) is 1. The van der Waals surface area contributed by atoms with Gasteiger partial charge in [-0.1, -0.05) is 91.4 Å². The van der Waals surface area contributed by atoms with Gasteiger partial charge in [0.15, 0.2) is 5.76 Å². The molecule has 8 nitrogen and oxygen atoms in total. The fourth-order valence-corrected chi connectivity index (χ4v) is 4.59. The number of unbranched alkanes of at least 4 members (excludes halogenated alkanes) is 11. The maximum Gasteiger partial charge on any atom is 0.382 e. The van der Waals surface area contributed by atoms with E-state index >= 15 is 0 Å². The van der Waals surface area contributed by atoms with Crippen LogP contribution in [0.15, 0.2) is 11.5 Å². The van der Waals surface area contributed by atoms with Gasteiger partial charge in [0, 0.05) is 0 Å². The van der Waals surface area contributed by atoms with Gasteiger partial charge in [-0.2, -0.15) is 0 Å². The van der Waals surface area contributed by atoms with Crippen molar-refractivity contribution in [1.82, 2.24) is 0 Å². The Balaban J connectivity index is 2.52. The van der Waals surface area contributed by atoms with Crippen molar-refractivity contribution >= 4 is 5.97 Å². The maximum absolute atomic E-state index is 12.3. The Morgan fingerprint density at radius 2 is 1.41 bits per heavy atom. The van der Waals surface area contributed by atoms with Crippen molar-refractivity contribution < 1.29 is 39.7 Å². The molecule has 0 amide bonds. The van der Waals surface area contributed by atoms with Crippen LogP contribution in [0.1, 0.15) is 111 Å². The van der Waals surface area contributed by atoms with E-state index in [1.807, 2.05) is 13.8 Å². The van der Waals surface area contributed by atoms with E-state index in [1.165, 1.54) is 57.8 Å². The number of carbonyl (C=O) groups is 1. The molecule has 1 rings (SSSR count). The van der Waals surface area contributed by atoms with Gasteiger partial charge in [0.25, 0.3) is 5.76 Å². The Labute approximate surface area is 205 Å². The first-order valence-electron chi connectivity index (χ1n) is 13.2. The lowest BCUT2D eigenvalue weighted by Crippen LogP contribution is -2.49. The van der Waals surface area contributed by atoms with Gasteiger partial charge in [-0.25, -0.2) is 10.1 Å². The smallest absolute Gasteiger partial charge is 0.382 e. The SMILES string of the molecule is CCCCCCCCCCCCCCC(CO)OC1=C(OO)C(=O)O[C@]1(CC(C)C)[C@@H](O)CO. The Kier molecular flexibility index (Phi) is 15.5. The summed E-state index contributed by atoms with van der Waals surface area (Å²) in [6.07, 6.45) is 13.2. The van der Waals surface area contributed by atoms with E-state index in [0.717, 1.165) is 19.3 Å². The molecule has 0 fully saturated rings. The molecule has 0 saturated heterocycles. The van der Waals surface area contributed by atoms with Gasteiger partial charge >= 0.3 is 5.97 Å². The highest BCUT2D eigenvalue weighted by atomic mass is 17.1. The summed E-state index contributed by atoms with van der Waals surface area (Å²) >= 11 is 0. The number of ether oxygens (including phenoxy) is 2. The van der Waals surface area contributed by atoms with Crippen molar-refractivity contribution in [3.63, 3.8) is 0 Å². The first-order valence-corrected chi connectivity index (χ1v) is 13.2. The van der Waals surface area contributed by atoms with Crippen LogP contribution in [-0.2, 0) is 19.2 Å². The van der Waals surface area contributed by atoms with Crippen LogP contribution in [0.4, 0.5) is 0 Å². The first kappa shape index (κ1) is 30.7. The van der Waals surface area contributed by atoms with E-state index < -0.39 is 36.1 Å². The van der Waals surface area contributed by atoms with Crippen LogP contribution in [0.5, 0.6) is 0 Å². The standard InChI is InChI=1S/C26H48O8/c1-4-5-6-7-8-9-10-11-12-13-14-15-16-21(18-27)32-24-23(34-31)25(30)33-26(24,17-20(2)3)22(29)19-28/h20-22,27-29,31H,4-19H2,1-3H3/t21?,22-,26+/m0/s1. The molecule has 0 aromatic carbocycles. The average Bonchev–Trinajstić information content (AvgIpc) is 3.08. The minimum atomic E-state index is -1.68. The van der Waals surface area contributed by atoms with Crippen LogP contribution in [0.2, 0.25) is 0 Å². The number of aliphatic hydroxyl groups is 3. The molecular weight excluding hydrogens is 440 g/mol. The fraction of sp³-hybridized carbons (Fsp3) is 0.885. The van der Waals surface area contributed by atoms with Gasteiger partial charge in [0.2, 0.25) is 5.60 Å². The average molecular weight is 489 g/mol. The molecule has 0 aliphatic carbocycles. The zero-order chi connectivity index (χ0) is 25.4. The van der Waals surface area contributed by atoms with Crippen LogP contribution in [0, 0.1) is 5.92 Å². The quantitative estimate of drug-likeness (QED) is 0.0782. The van der Waals surface area contributed by atoms with E-state index in [4.69, 9.17) is 9.47 Å². The van der Waals surface area contributed by atoms with Crippen molar-refractivity contribution in [2.24, 2.45) is 5.92 Å². The third-order valence-corrected chi connectivity index (χ3v) is 6.43. The van der Waals surface area contributed by atoms with Crippen LogP contribution in [-0.4, -0.2) is 57.6 Å². The van der Waals surface area contributed by atoms with Crippen LogP contribution >= 0.6 is 0 Å². The topological polar surface area (TPSA) is 126 Å². The highest BCUT2D eigenvalue weighted by Crippen LogP contribution is 2.42. The molecule has 4 N–H and O–H groups in total. The van der Waals surface area contributed by atoms with Crippen LogP contribution < -0.4 is 0 Å². The summed E-state index contributed by atoms with van der Waals surface area (Å²) in [7, 11) is 0. The summed E-state index contributed by atoms with van der Waals surface area (Å²) in [4.78, 5) is 16.5. The van der Waals surface area contributed by atoms with E-state index in [9.17, 15) is 25.4 Å². The molecule has 1 heterocycles. The number of hydrogen-bond donors (Lipinski definition) is 4. The lowest BCUT2D eigenvalue weighted by atomic mass is 9.85. The van der Waals surface area contributed by atoms with E-state index in [2.05, 4.69) is 11.8 Å². The van der Waals surface area contributed by atoms with Gasteiger partial charge in [0.1, 0.15) is 12.2 Å². The number of aliphatic hydroxyl groups excluding tert-OH is 3. The summed E-state index contributed by atoms with van der Waals surface area (Å²) in [5.41, 5.74) is -1.68. The Morgan fingerprint density at radius 3 is 1.85 bits per heavy atom. The summed E-state index contributed by atoms with van der Waals surface area (Å²) < 4.78 is 11.3. The lowest BCUT2D eigenvalue weighted by Gasteiger charge is -2.36. The van der Waals surface area contributed by atoms with Crippen molar-refractivity contribution in [1.29, 1.82) is 0 Å². The molecule has 8 heteroatoms. The van der Waals surface area contributed by atoms with E-state index in [0.29, 0.717) is 6.42 Å². The molecule has 200 valence electrons. The van der Waals surface area contributed by atoms with Crippen molar-refractivity contribution in [3.05, 3.63) is 11.5 Å². The van der Waals surface area contributed by atoms with Crippen molar-refractivity contribution in [2.75, 3.05) is 13.2 Å². The van der Waals surface area contributed by atoms with Crippen LogP contribution in [0.25, 0.3) is 0 Å². The Hall–Kier alpha value is -1.35. The second-order valence-corrected chi connectivity index (χ2v) is 9.93. The zero-order valence-corrected chi connectivity index (χ0v) is 21.5. The molecule has 0 aromatic rings. The Bertz CT molecular complexity index is 591. The highest BCUT2D eigenvalue weighted by molar-refractivity contribution is 5.90. The molecular formula is C26H48O8. The van der Waals surface area contributed by atoms with Crippen LogP contribution in [0.3, 0.4) is 0 Å². The second-order valence-electron chi connectivity index (χ2n) is 9.93. The molecule has 1 aliphatic rings. The van der Waals surface area contributed by atoms with Gasteiger partial charge in [-0.3, -0.25) is 0 Å². The molecule has 0 aromatic heterocycles. The third-order valence-electron chi connectivity index (χ3n) is 6.43. The molecule has 0 spiro atoms. The highest BCUT2D eigenvalue weighted by Gasteiger charge is 2.56. The number of hydrogen-bond acceptors (Lipinski definition) is 8. The fourth-order valence-electron chi connectivity index (χ4n) is 4.59. The lowest BCUT2D eigenvalue weighted by molar-refractivity contribution is -0.211. The molecule has 34 heavy (non-hydrogen) atoms. The summed E-state index contributed by atoms with van der Waals surface area (Å²) in [5.74, 6) is -1.74. The third kappa shape index (κ3) is 9.72. The number of rotatable bonds is 21. The molecule has 3 atom stereocenters. The normalized spacial score (nSPS) is 20.1. The van der Waals surface area contributed by atoms with Crippen molar-refractivity contribution in [2.45, 2.75) is 128 Å². The first-order chi connectivity index (χ1) is 16.4. The molecule has 1 unspecified atom stereocenters. The summed E-state index contributed by atoms with van der Waals surface area (Å²) in [6, 6.07) is 0. The monoisotopic (exact) mass is 488 g/mol. The van der Waals surface area contributed by atoms with Gasteiger partial charge in [-0.05, 0) is 25.2 Å². The predicted molar refractivity (Wildman–Crippen MR) is 130 cm³/mol. The minimum absolute atomic E-state index is 0.0328. The van der Waals surface area contributed by atoms with Crippen molar-refractivity contribution in [3.8, 4) is 0 Å². The Morgan fingerprint density at radius 1 is 0.882 bits per heavy atom. The number of carbonyl (C=O) groups excluding carboxylic acids is 1. The largest absolute Gasteiger partial charge is 0.484 e. The summed E-state index contributed by atoms with van der Waals surface area (Å²) in [6.45, 7) is 4.99. The van der Waals surface area contributed by atoms with Gasteiger partial charge in [-0.15, -0.1) is 0 Å². The predicted octanol–water partition coefficient (Wildman–Crippen LogP) is 4.85. The van der Waals surface area contributed by atoms with Gasteiger partial charge < -0.3 is 29.7 Å². The second kappa shape index (κ2) is 17.1. The number of esters is 1. The molecule has 0 saturated carbocycles. The molecule has 0 bridgehead atoms. The molecule has 1 aliphatic heterocycles. The summed E-state index contributed by atoms with van der Waals surface area (Å²) in [5, 5.41) is 39.2. The minimum Gasteiger partial charge on any atom is -0.484 e.